The van der Waals surface area contributed by atoms with Crippen molar-refractivity contribution in [3.8, 4) is 28.6 Å². The lowest BCUT2D eigenvalue weighted by Crippen LogP contribution is -2.35. The molecule has 49 heavy (non-hydrogen) atoms. The van der Waals surface area contributed by atoms with Crippen molar-refractivity contribution in [2.24, 2.45) is 0 Å². The van der Waals surface area contributed by atoms with Gasteiger partial charge in [0.25, 0.3) is 11.8 Å². The Labute approximate surface area is 287 Å². The highest BCUT2D eigenvalue weighted by Crippen LogP contribution is 2.49. The summed E-state index contributed by atoms with van der Waals surface area (Å²) in [7, 11) is -2.95. The quantitative estimate of drug-likeness (QED) is 0.167. The number of nitrogens with zero attached hydrogens (tertiary/aromatic N) is 2. The van der Waals surface area contributed by atoms with Gasteiger partial charge in [0.05, 0.1) is 5.75 Å². The van der Waals surface area contributed by atoms with Gasteiger partial charge >= 0.3 is 12.1 Å². The number of rotatable bonds is 11. The van der Waals surface area contributed by atoms with Gasteiger partial charge in [0.1, 0.15) is 17.0 Å². The van der Waals surface area contributed by atoms with Crippen molar-refractivity contribution in [2.45, 2.75) is 91.7 Å². The van der Waals surface area contributed by atoms with Crippen LogP contribution in [-0.2, 0) is 27.4 Å². The summed E-state index contributed by atoms with van der Waals surface area (Å²) in [6, 6.07) is 13.0. The molecule has 0 bridgehead atoms. The Morgan fingerprint density at radius 2 is 1.61 bits per heavy atom. The molecule has 1 atom stereocenters. The van der Waals surface area contributed by atoms with Crippen LogP contribution in [0, 0.1) is 11.6 Å². The average molecular weight is 706 g/mol. The van der Waals surface area contributed by atoms with Crippen LogP contribution in [0.3, 0.4) is 0 Å². The van der Waals surface area contributed by atoms with E-state index < -0.39 is 63.5 Å². The molecule has 1 unspecified atom stereocenters. The summed E-state index contributed by atoms with van der Waals surface area (Å²) in [5.74, 6) is -3.80. The lowest BCUT2D eigenvalue weighted by molar-refractivity contribution is -0.163. The first-order chi connectivity index (χ1) is 22.8. The van der Waals surface area contributed by atoms with Gasteiger partial charge in [-0.25, -0.2) is 22.7 Å². The Morgan fingerprint density at radius 1 is 0.939 bits per heavy atom. The zero-order valence-corrected chi connectivity index (χ0v) is 29.7. The van der Waals surface area contributed by atoms with Crippen LogP contribution in [0.1, 0.15) is 72.4 Å². The number of ether oxygens (including phenoxy) is 4. The summed E-state index contributed by atoms with van der Waals surface area (Å²) in [4.78, 5) is 28.8. The van der Waals surface area contributed by atoms with Crippen molar-refractivity contribution >= 4 is 22.8 Å². The Hall–Kier alpha value is -3.98. The van der Waals surface area contributed by atoms with Crippen molar-refractivity contribution in [2.75, 3.05) is 12.3 Å². The van der Waals surface area contributed by atoms with E-state index in [1.807, 2.05) is 30.3 Å². The molecule has 0 saturated carbocycles. The number of hydrogen-bond donors (Lipinski definition) is 3. The van der Waals surface area contributed by atoms with Crippen molar-refractivity contribution in [1.29, 1.82) is 0 Å². The van der Waals surface area contributed by atoms with E-state index in [1.54, 1.807) is 64.9 Å². The Kier molecular flexibility index (Phi) is 11.8. The normalized spacial score (nSPS) is 16.1. The fourth-order valence-electron chi connectivity index (χ4n) is 4.92. The third-order valence-corrected chi connectivity index (χ3v) is 9.01. The number of alkyl carbamates (subject to hydrolysis) is 1. The Balaban J connectivity index is 1.66. The van der Waals surface area contributed by atoms with E-state index in [-0.39, 0.29) is 31.0 Å². The van der Waals surface area contributed by atoms with Crippen LogP contribution >= 0.6 is 10.8 Å². The van der Waals surface area contributed by atoms with Crippen LogP contribution in [0.4, 0.5) is 13.6 Å². The standard InChI is InChI=1S/C35H45F2N3O8S/c1-8-29(32(41)47-34(2,3)4)46-31-28(37)19-27(36)30(39-31)45-26-17-23(21-40-13-10-14-49(40,43)44)16-25(18-26)24-12-9-11-22(15-24)20-38-33(42)48-35(5,6)7/h9,11-12,15-19,29,43-44H,8,10,13-14,20-21H2,1-7H3,(H,38,42). The molecule has 268 valence electrons. The van der Waals surface area contributed by atoms with Gasteiger partial charge in [0, 0.05) is 25.7 Å². The molecule has 1 aromatic heterocycles. The maximum atomic E-state index is 15.1. The third-order valence-electron chi connectivity index (χ3n) is 7.03. The molecule has 4 rings (SSSR count). The number of carbonyl (C=O) groups is 2. The molecular formula is C35H45F2N3O8S. The second-order valence-electron chi connectivity index (χ2n) is 13.7. The molecule has 1 aliphatic heterocycles. The first kappa shape index (κ1) is 37.8. The molecule has 0 radical (unpaired) electrons. The Bertz CT molecular complexity index is 1660. The molecule has 2 heterocycles. The molecule has 1 fully saturated rings. The van der Waals surface area contributed by atoms with Crippen molar-refractivity contribution in [1.82, 2.24) is 14.6 Å². The topological polar surface area (TPSA) is 140 Å². The summed E-state index contributed by atoms with van der Waals surface area (Å²) < 4.78 is 74.7. The van der Waals surface area contributed by atoms with Crippen molar-refractivity contribution in [3.63, 3.8) is 0 Å². The van der Waals surface area contributed by atoms with Gasteiger partial charge in [-0.3, -0.25) is 9.11 Å². The molecule has 1 saturated heterocycles. The second-order valence-corrected chi connectivity index (χ2v) is 15.9. The smallest absolute Gasteiger partial charge is 0.407 e. The highest BCUT2D eigenvalue weighted by atomic mass is 32.3. The maximum absolute atomic E-state index is 15.1. The fraction of sp³-hybridized carbons (Fsp3) is 0.457. The SMILES string of the molecule is CCC(Oc1nc(Oc2cc(CN3CCCS3(O)O)cc(-c3cccc(CNC(=O)OC(C)(C)C)c3)c2)c(F)cc1F)C(=O)OC(C)(C)C. The minimum absolute atomic E-state index is 0.128. The molecule has 1 aliphatic rings. The van der Waals surface area contributed by atoms with E-state index in [9.17, 15) is 23.1 Å². The van der Waals surface area contributed by atoms with Crippen LogP contribution in [0.15, 0.2) is 48.5 Å². The van der Waals surface area contributed by atoms with E-state index in [4.69, 9.17) is 18.9 Å². The van der Waals surface area contributed by atoms with Gasteiger partial charge in [-0.1, -0.05) is 25.1 Å². The molecular weight excluding hydrogens is 660 g/mol. The van der Waals surface area contributed by atoms with Gasteiger partial charge in [-0.15, -0.1) is 10.8 Å². The van der Waals surface area contributed by atoms with Crippen LogP contribution in [-0.4, -0.2) is 60.1 Å². The summed E-state index contributed by atoms with van der Waals surface area (Å²) >= 11 is 0. The summed E-state index contributed by atoms with van der Waals surface area (Å²) in [5, 5.41) is 2.73. The van der Waals surface area contributed by atoms with Crippen LogP contribution in [0.2, 0.25) is 0 Å². The minimum atomic E-state index is -2.95. The van der Waals surface area contributed by atoms with E-state index in [2.05, 4.69) is 10.3 Å². The lowest BCUT2D eigenvalue weighted by Gasteiger charge is -2.36. The van der Waals surface area contributed by atoms with Crippen molar-refractivity contribution in [3.05, 3.63) is 71.3 Å². The number of hydrogen-bond acceptors (Lipinski definition) is 10. The molecule has 11 nitrogen and oxygen atoms in total. The number of nitrogens with one attached hydrogen (secondary N) is 1. The number of amides is 1. The second kappa shape index (κ2) is 15.3. The van der Waals surface area contributed by atoms with Gasteiger partial charge < -0.3 is 24.3 Å². The Morgan fingerprint density at radius 3 is 2.24 bits per heavy atom. The predicted molar refractivity (Wildman–Crippen MR) is 182 cm³/mol. The molecule has 1 amide bonds. The molecule has 2 aromatic carbocycles. The predicted octanol–water partition coefficient (Wildman–Crippen LogP) is 8.21. The number of halogens is 2. The highest BCUT2D eigenvalue weighted by molar-refractivity contribution is 8.22. The molecule has 3 N–H and O–H groups in total. The summed E-state index contributed by atoms with van der Waals surface area (Å²) in [5.41, 5.74) is 1.30. The number of carbonyl (C=O) groups excluding carboxylic acids is 2. The summed E-state index contributed by atoms with van der Waals surface area (Å²) in [6.45, 7) is 12.9. The van der Waals surface area contributed by atoms with Gasteiger partial charge in [0.2, 0.25) is 0 Å². The summed E-state index contributed by atoms with van der Waals surface area (Å²) in [6.07, 6.45) is -1.01. The molecule has 0 aliphatic carbocycles. The van der Waals surface area contributed by atoms with E-state index in [0.717, 1.165) is 11.1 Å². The maximum Gasteiger partial charge on any atom is 0.407 e. The van der Waals surface area contributed by atoms with E-state index in [0.29, 0.717) is 30.2 Å². The van der Waals surface area contributed by atoms with Gasteiger partial charge in [-0.2, -0.15) is 4.98 Å². The van der Waals surface area contributed by atoms with E-state index in [1.165, 1.54) is 0 Å². The van der Waals surface area contributed by atoms with Crippen molar-refractivity contribution < 1.29 is 46.4 Å². The largest absolute Gasteiger partial charge is 0.460 e. The number of pyridine rings is 1. The van der Waals surface area contributed by atoms with Crippen LogP contribution in [0.5, 0.6) is 17.5 Å². The molecule has 0 spiro atoms. The first-order valence-corrected chi connectivity index (χ1v) is 17.6. The van der Waals surface area contributed by atoms with Gasteiger partial charge in [0.15, 0.2) is 17.7 Å². The number of benzene rings is 2. The first-order valence-electron chi connectivity index (χ1n) is 16.0. The lowest BCUT2D eigenvalue weighted by atomic mass is 10.0. The number of esters is 1. The highest BCUT2D eigenvalue weighted by Gasteiger charge is 2.30. The molecule has 14 heteroatoms. The average Bonchev–Trinajstić information content (AvgIpc) is 3.32. The van der Waals surface area contributed by atoms with Gasteiger partial charge in [-0.05, 0) is 101 Å². The number of aromatic nitrogens is 1. The van der Waals surface area contributed by atoms with Crippen LogP contribution in [0.25, 0.3) is 11.1 Å². The van der Waals surface area contributed by atoms with E-state index >= 15 is 4.39 Å². The zero-order chi connectivity index (χ0) is 36.1. The van der Waals surface area contributed by atoms with Crippen LogP contribution < -0.4 is 14.8 Å². The zero-order valence-electron chi connectivity index (χ0n) is 28.8. The monoisotopic (exact) mass is 705 g/mol. The third kappa shape index (κ3) is 11.0. The minimum Gasteiger partial charge on any atom is -0.460 e. The molecule has 3 aromatic rings. The fourth-order valence-corrected chi connectivity index (χ4v) is 6.47.